The second-order valence-corrected chi connectivity index (χ2v) is 4.99. The lowest BCUT2D eigenvalue weighted by Gasteiger charge is -2.22. The van der Waals surface area contributed by atoms with Gasteiger partial charge in [-0.25, -0.2) is 0 Å². The van der Waals surface area contributed by atoms with Gasteiger partial charge in [0.25, 0.3) is 0 Å². The average molecular weight is 247 g/mol. The molecule has 94 valence electrons. The van der Waals surface area contributed by atoms with Crippen molar-refractivity contribution in [2.45, 2.75) is 37.8 Å². The first-order valence-electron chi connectivity index (χ1n) is 5.76. The molecule has 1 aliphatic heterocycles. The van der Waals surface area contributed by atoms with Crippen molar-refractivity contribution < 1.29 is 14.3 Å². The minimum Gasteiger partial charge on any atom is -0.462 e. The van der Waals surface area contributed by atoms with Crippen LogP contribution in [0.2, 0.25) is 0 Å². The van der Waals surface area contributed by atoms with Gasteiger partial charge in [0.2, 0.25) is 0 Å². The number of esters is 1. The predicted octanol–water partition coefficient (Wildman–Crippen LogP) is 1.18. The van der Waals surface area contributed by atoms with Crippen LogP contribution in [0.1, 0.15) is 25.7 Å². The normalized spacial score (nSPS) is 22.8. The van der Waals surface area contributed by atoms with E-state index >= 15 is 0 Å². The van der Waals surface area contributed by atoms with Crippen LogP contribution in [-0.2, 0) is 14.3 Å². The highest BCUT2D eigenvalue weighted by Gasteiger charge is 2.19. The van der Waals surface area contributed by atoms with E-state index in [0.717, 1.165) is 31.6 Å². The maximum atomic E-state index is 11.5. The van der Waals surface area contributed by atoms with Crippen molar-refractivity contribution in [3.05, 3.63) is 0 Å². The van der Waals surface area contributed by atoms with Crippen LogP contribution in [0.4, 0.5) is 0 Å². The molecule has 1 rings (SSSR count). The van der Waals surface area contributed by atoms with Crippen molar-refractivity contribution in [1.82, 2.24) is 0 Å². The zero-order valence-corrected chi connectivity index (χ0v) is 10.6. The molecule has 0 amide bonds. The summed E-state index contributed by atoms with van der Waals surface area (Å²) in [6, 6.07) is -0.490. The standard InChI is InChI=1S/C11H21NO3S/c1-16-7-5-10(12)11(13)15-8-9-4-2-3-6-14-9/h9-10H,2-8,12H2,1H3/t9?,10-/m0/s1. The maximum absolute atomic E-state index is 11.5. The lowest BCUT2D eigenvalue weighted by atomic mass is 10.1. The van der Waals surface area contributed by atoms with Crippen LogP contribution in [0.3, 0.4) is 0 Å². The molecule has 5 heteroatoms. The first kappa shape index (κ1) is 13.8. The first-order chi connectivity index (χ1) is 7.74. The van der Waals surface area contributed by atoms with Gasteiger partial charge in [0.1, 0.15) is 12.6 Å². The number of thioether (sulfide) groups is 1. The smallest absolute Gasteiger partial charge is 0.323 e. The van der Waals surface area contributed by atoms with Crippen molar-refractivity contribution in [1.29, 1.82) is 0 Å². The second-order valence-electron chi connectivity index (χ2n) is 4.01. The molecular formula is C11H21NO3S. The van der Waals surface area contributed by atoms with Gasteiger partial charge in [-0.3, -0.25) is 4.79 Å². The van der Waals surface area contributed by atoms with Gasteiger partial charge in [-0.1, -0.05) is 0 Å². The van der Waals surface area contributed by atoms with Crippen LogP contribution in [0, 0.1) is 0 Å². The van der Waals surface area contributed by atoms with Crippen LogP contribution >= 0.6 is 11.8 Å². The number of hydrogen-bond donors (Lipinski definition) is 1. The highest BCUT2D eigenvalue weighted by molar-refractivity contribution is 7.98. The third-order valence-corrected chi connectivity index (χ3v) is 3.27. The van der Waals surface area contributed by atoms with Gasteiger partial charge in [0.15, 0.2) is 0 Å². The molecule has 1 heterocycles. The molecule has 0 aromatic heterocycles. The van der Waals surface area contributed by atoms with Gasteiger partial charge in [-0.05, 0) is 37.7 Å². The quantitative estimate of drug-likeness (QED) is 0.714. The number of carbonyl (C=O) groups excluding carboxylic acids is 1. The van der Waals surface area contributed by atoms with E-state index in [1.165, 1.54) is 0 Å². The van der Waals surface area contributed by atoms with Gasteiger partial charge in [-0.2, -0.15) is 11.8 Å². The first-order valence-corrected chi connectivity index (χ1v) is 7.16. The minimum atomic E-state index is -0.490. The van der Waals surface area contributed by atoms with E-state index in [2.05, 4.69) is 0 Å². The molecule has 0 spiro atoms. The van der Waals surface area contributed by atoms with Crippen LogP contribution in [0.15, 0.2) is 0 Å². The number of ether oxygens (including phenoxy) is 2. The molecule has 0 aromatic rings. The molecule has 2 N–H and O–H groups in total. The van der Waals surface area contributed by atoms with Crippen molar-refractivity contribution in [2.75, 3.05) is 25.2 Å². The van der Waals surface area contributed by atoms with Crippen molar-refractivity contribution in [2.24, 2.45) is 5.73 Å². The monoisotopic (exact) mass is 247 g/mol. The fourth-order valence-electron chi connectivity index (χ4n) is 1.58. The Morgan fingerprint density at radius 1 is 1.62 bits per heavy atom. The maximum Gasteiger partial charge on any atom is 0.323 e. The lowest BCUT2D eigenvalue weighted by molar-refractivity contribution is -0.150. The zero-order chi connectivity index (χ0) is 11.8. The largest absolute Gasteiger partial charge is 0.462 e. The number of hydrogen-bond acceptors (Lipinski definition) is 5. The van der Waals surface area contributed by atoms with Crippen molar-refractivity contribution in [3.8, 4) is 0 Å². The number of carbonyl (C=O) groups is 1. The van der Waals surface area contributed by atoms with E-state index in [4.69, 9.17) is 15.2 Å². The SMILES string of the molecule is CSCC[C@H](N)C(=O)OCC1CCCCO1. The summed E-state index contributed by atoms with van der Waals surface area (Å²) in [6.07, 6.45) is 5.98. The fraction of sp³-hybridized carbons (Fsp3) is 0.909. The molecule has 0 bridgehead atoms. The third kappa shape index (κ3) is 5.18. The van der Waals surface area contributed by atoms with Crippen LogP contribution in [-0.4, -0.2) is 43.3 Å². The molecule has 1 unspecified atom stereocenters. The Labute approximate surface area is 101 Å². The molecule has 1 fully saturated rings. The summed E-state index contributed by atoms with van der Waals surface area (Å²) in [7, 11) is 0. The molecule has 1 saturated heterocycles. The zero-order valence-electron chi connectivity index (χ0n) is 9.81. The summed E-state index contributed by atoms with van der Waals surface area (Å²) in [5.74, 6) is 0.583. The van der Waals surface area contributed by atoms with E-state index < -0.39 is 6.04 Å². The molecule has 2 atom stereocenters. The van der Waals surface area contributed by atoms with Crippen molar-refractivity contribution in [3.63, 3.8) is 0 Å². The molecule has 0 aromatic carbocycles. The van der Waals surface area contributed by atoms with Crippen LogP contribution < -0.4 is 5.73 Å². The van der Waals surface area contributed by atoms with Gasteiger partial charge < -0.3 is 15.2 Å². The Kier molecular flexibility index (Phi) is 6.84. The highest BCUT2D eigenvalue weighted by atomic mass is 32.2. The fourth-order valence-corrected chi connectivity index (χ4v) is 2.07. The van der Waals surface area contributed by atoms with Crippen LogP contribution in [0.25, 0.3) is 0 Å². The number of rotatable bonds is 6. The van der Waals surface area contributed by atoms with E-state index in [9.17, 15) is 4.79 Å². The molecule has 16 heavy (non-hydrogen) atoms. The summed E-state index contributed by atoms with van der Waals surface area (Å²) in [4.78, 5) is 11.5. The molecule has 0 radical (unpaired) electrons. The van der Waals surface area contributed by atoms with Gasteiger partial charge in [0.05, 0.1) is 6.10 Å². The Balaban J connectivity index is 2.12. The lowest BCUT2D eigenvalue weighted by Crippen LogP contribution is -2.35. The summed E-state index contributed by atoms with van der Waals surface area (Å²) in [5.41, 5.74) is 5.69. The van der Waals surface area contributed by atoms with Crippen molar-refractivity contribution >= 4 is 17.7 Å². The Morgan fingerprint density at radius 3 is 3.06 bits per heavy atom. The predicted molar refractivity (Wildman–Crippen MR) is 65.5 cm³/mol. The molecular weight excluding hydrogens is 226 g/mol. The van der Waals surface area contributed by atoms with Crippen LogP contribution in [0.5, 0.6) is 0 Å². The summed E-state index contributed by atoms with van der Waals surface area (Å²) < 4.78 is 10.6. The molecule has 4 nitrogen and oxygen atoms in total. The van der Waals surface area contributed by atoms with Gasteiger partial charge in [0, 0.05) is 6.61 Å². The topological polar surface area (TPSA) is 61.6 Å². The van der Waals surface area contributed by atoms with E-state index in [-0.39, 0.29) is 12.1 Å². The molecule has 0 aliphatic carbocycles. The summed E-state index contributed by atoms with van der Waals surface area (Å²) in [6.45, 7) is 1.13. The minimum absolute atomic E-state index is 0.0745. The Hall–Kier alpha value is -0.260. The van der Waals surface area contributed by atoms with E-state index in [0.29, 0.717) is 13.0 Å². The highest BCUT2D eigenvalue weighted by Crippen LogP contribution is 2.13. The van der Waals surface area contributed by atoms with E-state index in [1.54, 1.807) is 11.8 Å². The second kappa shape index (κ2) is 7.92. The van der Waals surface area contributed by atoms with Gasteiger partial charge >= 0.3 is 5.97 Å². The Morgan fingerprint density at radius 2 is 2.44 bits per heavy atom. The third-order valence-electron chi connectivity index (χ3n) is 2.62. The molecule has 1 aliphatic rings. The Bertz CT molecular complexity index is 207. The van der Waals surface area contributed by atoms with E-state index in [1.807, 2.05) is 6.26 Å². The number of nitrogens with two attached hydrogens (primary N) is 1. The summed E-state index contributed by atoms with van der Waals surface area (Å²) >= 11 is 1.68. The summed E-state index contributed by atoms with van der Waals surface area (Å²) in [5, 5.41) is 0. The molecule has 0 saturated carbocycles. The van der Waals surface area contributed by atoms with Gasteiger partial charge in [-0.15, -0.1) is 0 Å². The average Bonchev–Trinajstić information content (AvgIpc) is 2.34.